The van der Waals surface area contributed by atoms with Crippen LogP contribution in [0.3, 0.4) is 0 Å². The van der Waals surface area contributed by atoms with Crippen LogP contribution in [-0.4, -0.2) is 61.8 Å². The molecule has 0 aromatic carbocycles. The first-order valence-electron chi connectivity index (χ1n) is 12.0. The number of imidazole rings is 1. The zero-order valence-corrected chi connectivity index (χ0v) is 24.8. The Hall–Kier alpha value is -1.82. The Bertz CT molecular complexity index is 1150. The summed E-state index contributed by atoms with van der Waals surface area (Å²) in [6, 6.07) is 2.00. The highest BCUT2D eigenvalue weighted by Crippen LogP contribution is 2.39. The van der Waals surface area contributed by atoms with Crippen molar-refractivity contribution < 1.29 is 8.85 Å². The zero-order chi connectivity index (χ0) is 25.5. The van der Waals surface area contributed by atoms with E-state index in [4.69, 9.17) is 13.8 Å². The van der Waals surface area contributed by atoms with Gasteiger partial charge in [-0.25, -0.2) is 19.9 Å². The van der Waals surface area contributed by atoms with E-state index < -0.39 is 16.6 Å². The van der Waals surface area contributed by atoms with Gasteiger partial charge in [0.2, 0.25) is 7.98 Å². The Balaban J connectivity index is 1.95. The number of pyridine rings is 1. The third kappa shape index (κ3) is 5.53. The van der Waals surface area contributed by atoms with E-state index in [9.17, 15) is 0 Å². The summed E-state index contributed by atoms with van der Waals surface area (Å²) in [5.74, 6) is 0.746. The van der Waals surface area contributed by atoms with Crippen LogP contribution < -0.4 is 5.23 Å². The van der Waals surface area contributed by atoms with E-state index >= 15 is 0 Å². The lowest BCUT2D eigenvalue weighted by Gasteiger charge is -2.41. The lowest BCUT2D eigenvalue weighted by atomic mass is 10.2. The summed E-state index contributed by atoms with van der Waals surface area (Å²) < 4.78 is 15.6. The standard InChI is InChI=1S/C23H41BN6O2Si2/c1-22(2,3)33(7,8)31-13-16(32-34(9,10)23(4,5)6)12-30-15-27-18-11-17-19(28-21(18)30)25-14-26-20(17)29-24/h11,14-16H,12-13,24H2,1-10H3,(H,25,26,28,29)/t16-/m0/s1. The highest BCUT2D eigenvalue weighted by Gasteiger charge is 2.41. The summed E-state index contributed by atoms with van der Waals surface area (Å²) in [7, 11) is -2.09. The fourth-order valence-electron chi connectivity index (χ4n) is 3.25. The van der Waals surface area contributed by atoms with Crippen LogP contribution in [0.4, 0.5) is 5.82 Å². The highest BCUT2D eigenvalue weighted by molar-refractivity contribution is 6.74. The third-order valence-corrected chi connectivity index (χ3v) is 16.6. The van der Waals surface area contributed by atoms with Gasteiger partial charge in [0.15, 0.2) is 27.9 Å². The second-order valence-electron chi connectivity index (χ2n) is 12.1. The molecule has 0 amide bonds. The minimum absolute atomic E-state index is 0.0943. The summed E-state index contributed by atoms with van der Waals surface area (Å²) in [6.07, 6.45) is 3.28. The number of nitrogens with one attached hydrogen (secondary N) is 1. The molecule has 0 aliphatic rings. The molecule has 0 saturated heterocycles. The molecule has 186 valence electrons. The fraction of sp³-hybridized carbons (Fsp3) is 0.652. The van der Waals surface area contributed by atoms with Crippen LogP contribution in [0.2, 0.25) is 36.3 Å². The number of aromatic nitrogens is 5. The van der Waals surface area contributed by atoms with Crippen molar-refractivity contribution in [3.63, 3.8) is 0 Å². The lowest BCUT2D eigenvalue weighted by Crippen LogP contribution is -2.48. The first-order valence-corrected chi connectivity index (χ1v) is 17.8. The predicted molar refractivity (Wildman–Crippen MR) is 148 cm³/mol. The summed E-state index contributed by atoms with van der Waals surface area (Å²) in [6.45, 7) is 23.9. The molecule has 8 nitrogen and oxygen atoms in total. The number of nitrogens with zero attached hydrogens (tertiary/aromatic N) is 5. The molecule has 34 heavy (non-hydrogen) atoms. The highest BCUT2D eigenvalue weighted by atomic mass is 28.4. The Morgan fingerprint density at radius 3 is 2.24 bits per heavy atom. The number of fused-ring (bicyclic) bond motifs is 2. The van der Waals surface area contributed by atoms with E-state index in [0.29, 0.717) is 18.8 Å². The molecule has 3 aromatic rings. The largest absolute Gasteiger partial charge is 0.419 e. The van der Waals surface area contributed by atoms with E-state index in [1.165, 1.54) is 6.33 Å². The molecule has 0 saturated carbocycles. The SMILES string of the molecule is BNc1ncnc2nc3c(cc12)ncn3C[C@@H](CO[Si](C)(C)C(C)(C)C)O[Si](C)(C)C(C)(C)C. The molecule has 3 aromatic heterocycles. The molecule has 0 fully saturated rings. The van der Waals surface area contributed by atoms with Crippen molar-refractivity contribution in [3.05, 3.63) is 18.7 Å². The molecule has 1 atom stereocenters. The Labute approximate surface area is 207 Å². The minimum Gasteiger partial charge on any atom is -0.419 e. The zero-order valence-electron chi connectivity index (χ0n) is 22.8. The van der Waals surface area contributed by atoms with E-state index in [0.717, 1.165) is 22.4 Å². The monoisotopic (exact) mass is 500 g/mol. The first kappa shape index (κ1) is 26.8. The molecule has 11 heteroatoms. The molecule has 0 unspecified atom stereocenters. The van der Waals surface area contributed by atoms with Crippen molar-refractivity contribution in [2.75, 3.05) is 11.8 Å². The molecule has 0 aliphatic heterocycles. The van der Waals surface area contributed by atoms with Crippen LogP contribution in [-0.2, 0) is 15.4 Å². The predicted octanol–water partition coefficient (Wildman–Crippen LogP) is 4.75. The quantitative estimate of drug-likeness (QED) is 0.447. The van der Waals surface area contributed by atoms with Crippen LogP contribution in [0.5, 0.6) is 0 Å². The molecule has 1 N–H and O–H groups in total. The van der Waals surface area contributed by atoms with E-state index in [1.807, 2.05) is 20.4 Å². The number of rotatable bonds is 8. The van der Waals surface area contributed by atoms with Gasteiger partial charge in [0, 0.05) is 0 Å². The maximum Gasteiger partial charge on any atom is 0.215 e. The van der Waals surface area contributed by atoms with Crippen molar-refractivity contribution in [1.82, 2.24) is 24.5 Å². The molecule has 0 bridgehead atoms. The summed E-state index contributed by atoms with van der Waals surface area (Å²) >= 11 is 0. The van der Waals surface area contributed by atoms with Crippen molar-refractivity contribution >= 4 is 52.6 Å². The van der Waals surface area contributed by atoms with Gasteiger partial charge in [-0.2, -0.15) is 0 Å². The molecule has 0 aliphatic carbocycles. The van der Waals surface area contributed by atoms with Gasteiger partial charge in [0.05, 0.1) is 31.0 Å². The van der Waals surface area contributed by atoms with Gasteiger partial charge in [-0.05, 0) is 42.3 Å². The molecular formula is C23H41BN6O2Si2. The average molecular weight is 501 g/mol. The smallest absolute Gasteiger partial charge is 0.215 e. The average Bonchev–Trinajstić information content (AvgIpc) is 3.09. The van der Waals surface area contributed by atoms with Gasteiger partial charge in [-0.1, -0.05) is 41.5 Å². The van der Waals surface area contributed by atoms with Crippen LogP contribution in [0.1, 0.15) is 41.5 Å². The number of anilines is 1. The van der Waals surface area contributed by atoms with Crippen molar-refractivity contribution in [3.8, 4) is 0 Å². The minimum atomic E-state index is -2.01. The lowest BCUT2D eigenvalue weighted by molar-refractivity contribution is 0.0942. The molecule has 0 spiro atoms. The second kappa shape index (κ2) is 9.33. The van der Waals surface area contributed by atoms with Crippen LogP contribution in [0, 0.1) is 0 Å². The first-order chi connectivity index (χ1) is 15.6. The second-order valence-corrected chi connectivity index (χ2v) is 21.7. The van der Waals surface area contributed by atoms with Gasteiger partial charge < -0.3 is 18.6 Å². The molecule has 3 heterocycles. The Kier molecular flexibility index (Phi) is 7.35. The van der Waals surface area contributed by atoms with Crippen LogP contribution in [0.25, 0.3) is 22.2 Å². The van der Waals surface area contributed by atoms with Gasteiger partial charge in [0.1, 0.15) is 17.7 Å². The van der Waals surface area contributed by atoms with Gasteiger partial charge in [0.25, 0.3) is 0 Å². The van der Waals surface area contributed by atoms with Crippen LogP contribution in [0.15, 0.2) is 18.7 Å². The fourth-order valence-corrected chi connectivity index (χ4v) is 5.61. The maximum absolute atomic E-state index is 6.88. The summed E-state index contributed by atoms with van der Waals surface area (Å²) in [5, 5.41) is 4.21. The van der Waals surface area contributed by atoms with E-state index in [2.05, 4.69) is 92.5 Å². The van der Waals surface area contributed by atoms with Crippen molar-refractivity contribution in [2.24, 2.45) is 0 Å². The Morgan fingerprint density at radius 2 is 1.65 bits per heavy atom. The van der Waals surface area contributed by atoms with Gasteiger partial charge in [-0.15, -0.1) is 0 Å². The molecule has 0 radical (unpaired) electrons. The Morgan fingerprint density at radius 1 is 1.00 bits per heavy atom. The summed E-state index contributed by atoms with van der Waals surface area (Å²) in [5.41, 5.74) is 2.26. The number of hydrogen-bond acceptors (Lipinski definition) is 7. The number of hydrogen-bond donors (Lipinski definition) is 1. The van der Waals surface area contributed by atoms with Gasteiger partial charge >= 0.3 is 0 Å². The maximum atomic E-state index is 6.88. The molecular weight excluding hydrogens is 459 g/mol. The van der Waals surface area contributed by atoms with E-state index in [-0.39, 0.29) is 16.2 Å². The third-order valence-electron chi connectivity index (χ3n) is 7.53. The van der Waals surface area contributed by atoms with Crippen molar-refractivity contribution in [2.45, 2.75) is 90.5 Å². The van der Waals surface area contributed by atoms with Crippen LogP contribution >= 0.6 is 0 Å². The van der Waals surface area contributed by atoms with Gasteiger partial charge in [-0.3, -0.25) is 0 Å². The normalized spacial score (nSPS) is 14.6. The van der Waals surface area contributed by atoms with Crippen molar-refractivity contribution in [1.29, 1.82) is 0 Å². The molecule has 3 rings (SSSR count). The van der Waals surface area contributed by atoms with E-state index in [1.54, 1.807) is 0 Å². The topological polar surface area (TPSA) is 87.0 Å². The summed E-state index contributed by atoms with van der Waals surface area (Å²) in [4.78, 5) is 18.1.